The van der Waals surface area contributed by atoms with Gasteiger partial charge in [0.15, 0.2) is 0 Å². The molecule has 0 saturated carbocycles. The standard InChI is InChI=1S/C25H17N3O3/c29-23(27-19-5-1-3-14-4-2-12-26-22(14)19)15-8-10-18(11-9-15)28-24(30)20-16-6-7-17(13-16)21(20)25(28)31/h1-13,16,20-21H,(H,27,29). The van der Waals surface area contributed by atoms with E-state index in [0.717, 1.165) is 11.0 Å². The third kappa shape index (κ3) is 2.58. The minimum atomic E-state index is -0.371. The van der Waals surface area contributed by atoms with Crippen molar-refractivity contribution in [2.75, 3.05) is 10.2 Å². The van der Waals surface area contributed by atoms with Gasteiger partial charge in [0.2, 0.25) is 11.8 Å². The van der Waals surface area contributed by atoms with Crippen molar-refractivity contribution in [3.05, 3.63) is 90.2 Å². The lowest BCUT2D eigenvalue weighted by Crippen LogP contribution is -2.32. The zero-order valence-corrected chi connectivity index (χ0v) is 16.4. The summed E-state index contributed by atoms with van der Waals surface area (Å²) in [5, 5.41) is 3.83. The minimum Gasteiger partial charge on any atom is -0.320 e. The number of amides is 3. The zero-order chi connectivity index (χ0) is 21.1. The highest BCUT2D eigenvalue weighted by Gasteiger charge is 2.56. The number of aromatic nitrogens is 1. The van der Waals surface area contributed by atoms with Crippen molar-refractivity contribution in [2.24, 2.45) is 17.8 Å². The molecule has 3 aromatic rings. The normalized spacial score (nSPS) is 23.4. The molecule has 3 unspecified atom stereocenters. The van der Waals surface area contributed by atoms with Gasteiger partial charge in [0.25, 0.3) is 5.91 Å². The Kier molecular flexibility index (Phi) is 3.71. The van der Waals surface area contributed by atoms with E-state index in [1.165, 1.54) is 4.90 Å². The number of nitrogens with one attached hydrogen (secondary N) is 1. The molecule has 2 aliphatic carbocycles. The van der Waals surface area contributed by atoms with E-state index in [2.05, 4.69) is 10.3 Å². The van der Waals surface area contributed by atoms with Crippen molar-refractivity contribution in [1.82, 2.24) is 4.98 Å². The first-order valence-electron chi connectivity index (χ1n) is 10.1. The molecule has 31 heavy (non-hydrogen) atoms. The van der Waals surface area contributed by atoms with E-state index in [9.17, 15) is 14.4 Å². The van der Waals surface area contributed by atoms with Gasteiger partial charge < -0.3 is 5.32 Å². The van der Waals surface area contributed by atoms with Crippen LogP contribution in [0.2, 0.25) is 0 Å². The number of anilines is 2. The fourth-order valence-corrected chi connectivity index (χ4v) is 4.83. The summed E-state index contributed by atoms with van der Waals surface area (Å²) in [6, 6.07) is 15.9. The molecule has 1 fully saturated rings. The molecule has 1 aromatic heterocycles. The maximum Gasteiger partial charge on any atom is 0.255 e. The molecule has 2 aromatic carbocycles. The Bertz CT molecular complexity index is 1330. The molecule has 2 bridgehead atoms. The van der Waals surface area contributed by atoms with E-state index in [-0.39, 0.29) is 35.5 Å². The highest BCUT2D eigenvalue weighted by molar-refractivity contribution is 6.24. The number of nitrogens with zero attached hydrogens (tertiary/aromatic N) is 2. The van der Waals surface area contributed by atoms with Crippen LogP contribution in [-0.4, -0.2) is 22.7 Å². The first kappa shape index (κ1) is 17.8. The maximum absolute atomic E-state index is 12.9. The van der Waals surface area contributed by atoms with Gasteiger partial charge >= 0.3 is 0 Å². The molecule has 6 rings (SSSR count). The van der Waals surface area contributed by atoms with Crippen LogP contribution in [0.1, 0.15) is 10.4 Å². The number of carbonyl (C=O) groups excluding carboxylic acids is 3. The molecule has 2 heterocycles. The van der Waals surface area contributed by atoms with Crippen LogP contribution in [0, 0.1) is 17.8 Å². The summed E-state index contributed by atoms with van der Waals surface area (Å²) in [5.41, 5.74) is 3.21. The summed E-state index contributed by atoms with van der Waals surface area (Å²) in [7, 11) is 0. The fourth-order valence-electron chi connectivity index (χ4n) is 4.83. The highest BCUT2D eigenvalue weighted by Crippen LogP contribution is 2.49. The van der Waals surface area contributed by atoms with Gasteiger partial charge in [0.1, 0.15) is 0 Å². The van der Waals surface area contributed by atoms with Gasteiger partial charge in [-0.3, -0.25) is 19.4 Å². The summed E-state index contributed by atoms with van der Waals surface area (Å²) < 4.78 is 0. The van der Waals surface area contributed by atoms with Crippen LogP contribution in [0.25, 0.3) is 10.9 Å². The van der Waals surface area contributed by atoms with Gasteiger partial charge in [-0.25, -0.2) is 4.90 Å². The van der Waals surface area contributed by atoms with Gasteiger partial charge in [0.05, 0.1) is 28.7 Å². The molecular formula is C25H17N3O3. The highest BCUT2D eigenvalue weighted by atomic mass is 16.2. The third-order valence-corrected chi connectivity index (χ3v) is 6.29. The maximum atomic E-state index is 12.9. The van der Waals surface area contributed by atoms with E-state index < -0.39 is 0 Å². The van der Waals surface area contributed by atoms with Gasteiger partial charge in [-0.1, -0.05) is 36.4 Å². The molecule has 6 heteroatoms. The minimum absolute atomic E-state index is 0.0146. The molecule has 3 amide bonds. The second-order valence-corrected chi connectivity index (χ2v) is 8.00. The van der Waals surface area contributed by atoms with Crippen molar-refractivity contribution in [1.29, 1.82) is 0 Å². The molecule has 1 N–H and O–H groups in total. The smallest absolute Gasteiger partial charge is 0.255 e. The molecule has 150 valence electrons. The molecule has 0 spiro atoms. The predicted octanol–water partition coefficient (Wildman–Crippen LogP) is 3.72. The average molecular weight is 407 g/mol. The monoisotopic (exact) mass is 407 g/mol. The van der Waals surface area contributed by atoms with E-state index in [4.69, 9.17) is 0 Å². The number of fused-ring (bicyclic) bond motifs is 5. The summed E-state index contributed by atoms with van der Waals surface area (Å²) in [4.78, 5) is 44.2. The Balaban J connectivity index is 1.24. The Morgan fingerprint density at radius 2 is 1.77 bits per heavy atom. The number of carbonyl (C=O) groups is 3. The quantitative estimate of drug-likeness (QED) is 0.671. The average Bonchev–Trinajstić information content (AvgIpc) is 3.48. The lowest BCUT2D eigenvalue weighted by atomic mass is 9.84. The van der Waals surface area contributed by atoms with Gasteiger partial charge in [-0.05, 0) is 42.0 Å². The third-order valence-electron chi connectivity index (χ3n) is 6.29. The van der Waals surface area contributed by atoms with Crippen molar-refractivity contribution in [3.8, 4) is 0 Å². The lowest BCUT2D eigenvalue weighted by Gasteiger charge is -2.16. The molecule has 1 saturated heterocycles. The number of imide groups is 1. The SMILES string of the molecule is O=C(Nc1cccc2cccnc12)c1ccc(N2C(=O)C3C4=CC(C=C4)C3C2=O)cc1. The number of allylic oxidation sites excluding steroid dienone is 3. The summed E-state index contributed by atoms with van der Waals surface area (Å²) in [6.07, 6.45) is 7.62. The zero-order valence-electron chi connectivity index (χ0n) is 16.4. The Morgan fingerprint density at radius 1 is 0.968 bits per heavy atom. The number of hydrogen-bond donors (Lipinski definition) is 1. The summed E-state index contributed by atoms with van der Waals surface area (Å²) in [5.74, 6) is -1.32. The number of rotatable bonds is 3. The van der Waals surface area contributed by atoms with E-state index in [1.807, 2.05) is 42.5 Å². The van der Waals surface area contributed by atoms with Crippen molar-refractivity contribution in [3.63, 3.8) is 0 Å². The van der Waals surface area contributed by atoms with Crippen LogP contribution in [0.3, 0.4) is 0 Å². The number of para-hydroxylation sites is 1. The summed E-state index contributed by atoms with van der Waals surface area (Å²) >= 11 is 0. The van der Waals surface area contributed by atoms with Crippen LogP contribution in [0.4, 0.5) is 11.4 Å². The van der Waals surface area contributed by atoms with E-state index >= 15 is 0 Å². The van der Waals surface area contributed by atoms with E-state index in [0.29, 0.717) is 22.5 Å². The number of hydrogen-bond acceptors (Lipinski definition) is 4. The van der Waals surface area contributed by atoms with Crippen LogP contribution < -0.4 is 10.2 Å². The topological polar surface area (TPSA) is 79.4 Å². The van der Waals surface area contributed by atoms with Crippen molar-refractivity contribution < 1.29 is 14.4 Å². The predicted molar refractivity (Wildman–Crippen MR) is 116 cm³/mol. The molecule has 6 nitrogen and oxygen atoms in total. The van der Waals surface area contributed by atoms with Gasteiger partial charge in [0, 0.05) is 23.1 Å². The second-order valence-electron chi connectivity index (χ2n) is 8.00. The first-order valence-corrected chi connectivity index (χ1v) is 10.1. The van der Waals surface area contributed by atoms with E-state index in [1.54, 1.807) is 36.5 Å². The molecule has 3 aliphatic rings. The second kappa shape index (κ2) is 6.47. The molecule has 1 aliphatic heterocycles. The molecule has 0 radical (unpaired) electrons. The number of benzene rings is 2. The van der Waals surface area contributed by atoms with Gasteiger partial charge in [-0.15, -0.1) is 0 Å². The fraction of sp³-hybridized carbons (Fsp3) is 0.120. The first-order chi connectivity index (χ1) is 15.1. The summed E-state index contributed by atoms with van der Waals surface area (Å²) in [6.45, 7) is 0. The lowest BCUT2D eigenvalue weighted by molar-refractivity contribution is -0.122. The number of pyridine rings is 1. The van der Waals surface area contributed by atoms with Gasteiger partial charge in [-0.2, -0.15) is 0 Å². The Hall–Kier alpha value is -4.06. The Morgan fingerprint density at radius 3 is 2.58 bits per heavy atom. The largest absolute Gasteiger partial charge is 0.320 e. The van der Waals surface area contributed by atoms with Crippen LogP contribution in [0.15, 0.2) is 84.6 Å². The Labute approximate surface area is 177 Å². The van der Waals surface area contributed by atoms with Crippen LogP contribution >= 0.6 is 0 Å². The molecular weight excluding hydrogens is 390 g/mol. The van der Waals surface area contributed by atoms with Crippen LogP contribution in [-0.2, 0) is 9.59 Å². The van der Waals surface area contributed by atoms with Crippen molar-refractivity contribution in [2.45, 2.75) is 0 Å². The van der Waals surface area contributed by atoms with Crippen LogP contribution in [0.5, 0.6) is 0 Å². The van der Waals surface area contributed by atoms with Crippen molar-refractivity contribution >= 4 is 40.0 Å². The molecule has 3 atom stereocenters.